The molecule has 2 heterocycles. The standard InChI is InChI=1S/C7H6Br2N4/c8-4-2-11-7-12-5(1-10)6(9)13(7)3-4/h2-3H,1,10H2. The van der Waals surface area contributed by atoms with Crippen LogP contribution >= 0.6 is 31.9 Å². The summed E-state index contributed by atoms with van der Waals surface area (Å²) in [6.45, 7) is 0.404. The highest BCUT2D eigenvalue weighted by Crippen LogP contribution is 2.19. The third kappa shape index (κ3) is 1.49. The molecule has 0 unspecified atom stereocenters. The molecule has 2 aromatic rings. The Morgan fingerprint density at radius 3 is 2.92 bits per heavy atom. The van der Waals surface area contributed by atoms with E-state index in [0.717, 1.165) is 14.8 Å². The van der Waals surface area contributed by atoms with Gasteiger partial charge in [-0.1, -0.05) is 0 Å². The zero-order valence-corrected chi connectivity index (χ0v) is 9.71. The number of fused-ring (bicyclic) bond motifs is 1. The quantitative estimate of drug-likeness (QED) is 0.872. The molecule has 2 N–H and O–H groups in total. The second kappa shape index (κ2) is 3.36. The number of imidazole rings is 1. The first-order valence-electron chi connectivity index (χ1n) is 3.60. The summed E-state index contributed by atoms with van der Waals surface area (Å²) in [7, 11) is 0. The van der Waals surface area contributed by atoms with Gasteiger partial charge in [0.15, 0.2) is 0 Å². The van der Waals surface area contributed by atoms with Crippen LogP contribution in [0.5, 0.6) is 0 Å². The topological polar surface area (TPSA) is 56.2 Å². The third-order valence-electron chi connectivity index (χ3n) is 1.65. The van der Waals surface area contributed by atoms with Crippen molar-refractivity contribution >= 4 is 37.6 Å². The van der Waals surface area contributed by atoms with E-state index < -0.39 is 0 Å². The van der Waals surface area contributed by atoms with Crippen molar-refractivity contribution in [1.82, 2.24) is 14.4 Å². The van der Waals surface area contributed by atoms with Gasteiger partial charge in [-0.15, -0.1) is 0 Å². The highest BCUT2D eigenvalue weighted by atomic mass is 79.9. The van der Waals surface area contributed by atoms with Crippen molar-refractivity contribution in [2.45, 2.75) is 6.54 Å². The van der Waals surface area contributed by atoms with E-state index >= 15 is 0 Å². The van der Waals surface area contributed by atoms with Gasteiger partial charge in [0.25, 0.3) is 0 Å². The first-order valence-corrected chi connectivity index (χ1v) is 5.19. The highest BCUT2D eigenvalue weighted by molar-refractivity contribution is 9.10. The average molecular weight is 306 g/mol. The summed E-state index contributed by atoms with van der Waals surface area (Å²) in [6, 6.07) is 0. The molecule has 0 fully saturated rings. The summed E-state index contributed by atoms with van der Waals surface area (Å²) in [5.41, 5.74) is 6.32. The predicted molar refractivity (Wildman–Crippen MR) is 56.3 cm³/mol. The summed E-state index contributed by atoms with van der Waals surface area (Å²) < 4.78 is 3.60. The molecule has 0 saturated heterocycles. The zero-order chi connectivity index (χ0) is 9.42. The van der Waals surface area contributed by atoms with Gasteiger partial charge in [0.2, 0.25) is 5.78 Å². The van der Waals surface area contributed by atoms with Crippen LogP contribution in [0, 0.1) is 0 Å². The summed E-state index contributed by atoms with van der Waals surface area (Å²) >= 11 is 6.74. The van der Waals surface area contributed by atoms with E-state index in [0.29, 0.717) is 12.3 Å². The number of halogens is 2. The number of nitrogens with zero attached hydrogens (tertiary/aromatic N) is 3. The average Bonchev–Trinajstić information content (AvgIpc) is 2.44. The molecule has 13 heavy (non-hydrogen) atoms. The third-order valence-corrected chi connectivity index (χ3v) is 2.90. The molecule has 0 aliphatic carbocycles. The van der Waals surface area contributed by atoms with Gasteiger partial charge in [-0.2, -0.15) is 0 Å². The van der Waals surface area contributed by atoms with Gasteiger partial charge in [0.05, 0.1) is 10.2 Å². The Bertz CT molecular complexity index is 451. The van der Waals surface area contributed by atoms with Gasteiger partial charge in [-0.25, -0.2) is 9.97 Å². The van der Waals surface area contributed by atoms with Gasteiger partial charge in [-0.05, 0) is 31.9 Å². The van der Waals surface area contributed by atoms with Crippen LogP contribution < -0.4 is 5.73 Å². The number of hydrogen-bond donors (Lipinski definition) is 1. The van der Waals surface area contributed by atoms with Crippen LogP contribution in [0.15, 0.2) is 21.5 Å². The summed E-state index contributed by atoms with van der Waals surface area (Å²) in [4.78, 5) is 8.36. The lowest BCUT2D eigenvalue weighted by atomic mass is 10.5. The minimum Gasteiger partial charge on any atom is -0.325 e. The molecule has 0 aliphatic rings. The first-order chi connectivity index (χ1) is 6.22. The molecule has 0 atom stereocenters. The van der Waals surface area contributed by atoms with Crippen LogP contribution in [0.3, 0.4) is 0 Å². The molecule has 0 aliphatic heterocycles. The molecule has 0 amide bonds. The lowest BCUT2D eigenvalue weighted by Crippen LogP contribution is -1.96. The molecule has 0 bridgehead atoms. The zero-order valence-electron chi connectivity index (χ0n) is 6.54. The molecular formula is C7H6Br2N4. The number of aromatic nitrogens is 3. The van der Waals surface area contributed by atoms with Gasteiger partial charge >= 0.3 is 0 Å². The van der Waals surface area contributed by atoms with E-state index in [4.69, 9.17) is 5.73 Å². The predicted octanol–water partition coefficient (Wildman–Crippen LogP) is 1.71. The van der Waals surface area contributed by atoms with Crippen molar-refractivity contribution in [3.8, 4) is 0 Å². The number of nitrogens with two attached hydrogens (primary N) is 1. The van der Waals surface area contributed by atoms with Crippen molar-refractivity contribution in [3.63, 3.8) is 0 Å². The SMILES string of the molecule is NCc1nc2ncc(Br)cn2c1Br. The Hall–Kier alpha value is -0.460. The molecule has 68 valence electrons. The fourth-order valence-corrected chi connectivity index (χ4v) is 1.88. The lowest BCUT2D eigenvalue weighted by Gasteiger charge is -1.94. The lowest BCUT2D eigenvalue weighted by molar-refractivity contribution is 1.000. The maximum Gasteiger partial charge on any atom is 0.234 e. The Morgan fingerprint density at radius 2 is 2.23 bits per heavy atom. The number of hydrogen-bond acceptors (Lipinski definition) is 3. The van der Waals surface area contributed by atoms with Crippen LogP contribution in [0.4, 0.5) is 0 Å². The second-order valence-corrected chi connectivity index (χ2v) is 4.16. The molecule has 0 aromatic carbocycles. The fourth-order valence-electron chi connectivity index (χ4n) is 1.06. The maximum atomic E-state index is 5.51. The Morgan fingerprint density at radius 1 is 1.46 bits per heavy atom. The Balaban J connectivity index is 2.77. The van der Waals surface area contributed by atoms with Crippen LogP contribution in [0.2, 0.25) is 0 Å². The van der Waals surface area contributed by atoms with Gasteiger partial charge in [0.1, 0.15) is 4.60 Å². The van der Waals surface area contributed by atoms with E-state index in [1.807, 2.05) is 10.6 Å². The van der Waals surface area contributed by atoms with Crippen molar-refractivity contribution in [3.05, 3.63) is 27.2 Å². The summed E-state index contributed by atoms with van der Waals surface area (Å²) in [5, 5.41) is 0. The first kappa shape index (κ1) is 9.11. The molecule has 4 nitrogen and oxygen atoms in total. The number of rotatable bonds is 1. The van der Waals surface area contributed by atoms with Crippen molar-refractivity contribution in [2.24, 2.45) is 5.73 Å². The molecule has 0 radical (unpaired) electrons. The molecular weight excluding hydrogens is 300 g/mol. The maximum absolute atomic E-state index is 5.51. The van der Waals surface area contributed by atoms with Crippen molar-refractivity contribution < 1.29 is 0 Å². The Kier molecular flexibility index (Phi) is 2.35. The minimum atomic E-state index is 0.404. The van der Waals surface area contributed by atoms with E-state index in [9.17, 15) is 0 Å². The van der Waals surface area contributed by atoms with Crippen LogP contribution in [-0.4, -0.2) is 14.4 Å². The van der Waals surface area contributed by atoms with Gasteiger partial charge < -0.3 is 5.73 Å². The van der Waals surface area contributed by atoms with Gasteiger partial charge in [-0.3, -0.25) is 4.40 Å². The molecule has 0 spiro atoms. The van der Waals surface area contributed by atoms with E-state index in [-0.39, 0.29) is 0 Å². The summed E-state index contributed by atoms with van der Waals surface area (Å²) in [6.07, 6.45) is 3.59. The van der Waals surface area contributed by atoms with E-state index in [1.165, 1.54) is 0 Å². The fraction of sp³-hybridized carbons (Fsp3) is 0.143. The monoisotopic (exact) mass is 304 g/mol. The molecule has 2 rings (SSSR count). The molecule has 2 aromatic heterocycles. The largest absolute Gasteiger partial charge is 0.325 e. The van der Waals surface area contributed by atoms with Gasteiger partial charge in [0, 0.05) is 18.9 Å². The van der Waals surface area contributed by atoms with Crippen LogP contribution in [0.25, 0.3) is 5.78 Å². The molecule has 0 saturated carbocycles. The second-order valence-electron chi connectivity index (χ2n) is 2.50. The van der Waals surface area contributed by atoms with Crippen LogP contribution in [0.1, 0.15) is 5.69 Å². The van der Waals surface area contributed by atoms with Crippen LogP contribution in [-0.2, 0) is 6.54 Å². The normalized spacial score (nSPS) is 11.0. The highest BCUT2D eigenvalue weighted by Gasteiger charge is 2.08. The van der Waals surface area contributed by atoms with E-state index in [2.05, 4.69) is 41.8 Å². The minimum absolute atomic E-state index is 0.404. The smallest absolute Gasteiger partial charge is 0.234 e. The Labute approximate surface area is 91.4 Å². The molecule has 6 heteroatoms. The van der Waals surface area contributed by atoms with Crippen molar-refractivity contribution in [2.75, 3.05) is 0 Å². The summed E-state index contributed by atoms with van der Waals surface area (Å²) in [5.74, 6) is 0.649. The van der Waals surface area contributed by atoms with E-state index in [1.54, 1.807) is 6.20 Å². The van der Waals surface area contributed by atoms with Crippen molar-refractivity contribution in [1.29, 1.82) is 0 Å².